The molecule has 0 fully saturated rings. The number of amidine groups is 2. The fourth-order valence-electron chi connectivity index (χ4n) is 2.68. The normalized spacial score (nSPS) is 14.2. The molecule has 0 radical (unpaired) electrons. The van der Waals surface area contributed by atoms with Gasteiger partial charge in [0.2, 0.25) is 0 Å². The van der Waals surface area contributed by atoms with E-state index in [1.165, 1.54) is 0 Å². The molecule has 0 aromatic heterocycles. The highest BCUT2D eigenvalue weighted by Crippen LogP contribution is 2.30. The van der Waals surface area contributed by atoms with Crippen molar-refractivity contribution in [2.24, 2.45) is 9.98 Å². The lowest BCUT2D eigenvalue weighted by Gasteiger charge is -2.08. The molecule has 1 aliphatic rings. The molecule has 3 nitrogen and oxygen atoms in total. The largest absolute Gasteiger partial charge is 0.340 e. The standard InChI is InChI=1S/C20H11Cl4N3/c21-15-7-5-11(9-17(15)23)25-19-13-3-1-2-4-14(13)20(27-19)26-12-6-8-16(22)18(24)10-12/h1-10H,(H,25,26,27). The van der Waals surface area contributed by atoms with Crippen molar-refractivity contribution in [2.75, 3.05) is 5.32 Å². The predicted molar refractivity (Wildman–Crippen MR) is 116 cm³/mol. The minimum Gasteiger partial charge on any atom is -0.340 e. The first-order valence-electron chi connectivity index (χ1n) is 7.95. The molecule has 3 aromatic rings. The Bertz CT molecular complexity index is 1110. The van der Waals surface area contributed by atoms with Crippen molar-refractivity contribution in [1.29, 1.82) is 0 Å². The number of rotatable bonds is 2. The first-order valence-corrected chi connectivity index (χ1v) is 9.47. The van der Waals surface area contributed by atoms with Gasteiger partial charge in [0.25, 0.3) is 0 Å². The van der Waals surface area contributed by atoms with Crippen molar-refractivity contribution < 1.29 is 0 Å². The van der Waals surface area contributed by atoms with Gasteiger partial charge in [-0.05, 0) is 36.4 Å². The van der Waals surface area contributed by atoms with Crippen LogP contribution in [-0.2, 0) is 0 Å². The highest BCUT2D eigenvalue weighted by molar-refractivity contribution is 6.42. The van der Waals surface area contributed by atoms with Crippen LogP contribution in [0.2, 0.25) is 20.1 Å². The maximum atomic E-state index is 6.10. The Morgan fingerprint density at radius 1 is 0.704 bits per heavy atom. The summed E-state index contributed by atoms with van der Waals surface area (Å²) < 4.78 is 0. The van der Waals surface area contributed by atoms with Gasteiger partial charge in [0.05, 0.1) is 25.8 Å². The summed E-state index contributed by atoms with van der Waals surface area (Å²) in [6.45, 7) is 0. The zero-order valence-electron chi connectivity index (χ0n) is 13.7. The number of aliphatic imine (C=N–C) groups is 2. The van der Waals surface area contributed by atoms with Gasteiger partial charge in [0.1, 0.15) is 5.84 Å². The van der Waals surface area contributed by atoms with E-state index in [0.717, 1.165) is 16.8 Å². The topological polar surface area (TPSA) is 36.8 Å². The van der Waals surface area contributed by atoms with E-state index in [2.05, 4.69) is 15.3 Å². The zero-order valence-corrected chi connectivity index (χ0v) is 16.7. The third kappa shape index (κ3) is 3.83. The first-order chi connectivity index (χ1) is 13.0. The lowest BCUT2D eigenvalue weighted by Crippen LogP contribution is -2.11. The Balaban J connectivity index is 1.73. The van der Waals surface area contributed by atoms with Gasteiger partial charge in [-0.2, -0.15) is 0 Å². The molecule has 0 saturated carbocycles. The number of anilines is 1. The van der Waals surface area contributed by atoms with Crippen LogP contribution in [0.25, 0.3) is 0 Å². The molecular formula is C20H11Cl4N3. The van der Waals surface area contributed by atoms with Crippen LogP contribution in [0.5, 0.6) is 0 Å². The summed E-state index contributed by atoms with van der Waals surface area (Å²) in [5, 5.41) is 5.18. The van der Waals surface area contributed by atoms with Crippen LogP contribution in [-0.4, -0.2) is 11.7 Å². The fourth-order valence-corrected chi connectivity index (χ4v) is 3.27. The molecule has 1 N–H and O–H groups in total. The molecule has 0 spiro atoms. The molecule has 134 valence electrons. The van der Waals surface area contributed by atoms with Gasteiger partial charge in [0, 0.05) is 16.8 Å². The Hall–Kier alpha value is -2.04. The molecule has 1 heterocycles. The smallest absolute Gasteiger partial charge is 0.162 e. The van der Waals surface area contributed by atoms with E-state index in [1.54, 1.807) is 30.3 Å². The van der Waals surface area contributed by atoms with E-state index in [4.69, 9.17) is 46.4 Å². The second-order valence-electron chi connectivity index (χ2n) is 5.79. The van der Waals surface area contributed by atoms with Gasteiger partial charge in [-0.1, -0.05) is 70.7 Å². The van der Waals surface area contributed by atoms with Gasteiger partial charge in [0.15, 0.2) is 5.84 Å². The Morgan fingerprint density at radius 3 is 2.07 bits per heavy atom. The molecule has 1 aliphatic heterocycles. The Labute approximate surface area is 176 Å². The maximum absolute atomic E-state index is 6.10. The molecule has 0 aliphatic carbocycles. The number of nitrogens with zero attached hydrogens (tertiary/aromatic N) is 2. The summed E-state index contributed by atoms with van der Waals surface area (Å²) in [4.78, 5) is 9.28. The highest BCUT2D eigenvalue weighted by atomic mass is 35.5. The molecule has 0 atom stereocenters. The van der Waals surface area contributed by atoms with E-state index in [0.29, 0.717) is 37.4 Å². The first kappa shape index (κ1) is 18.3. The van der Waals surface area contributed by atoms with Crippen LogP contribution in [0.3, 0.4) is 0 Å². The molecular weight excluding hydrogens is 424 g/mol. The minimum absolute atomic E-state index is 0.447. The summed E-state index contributed by atoms with van der Waals surface area (Å²) in [7, 11) is 0. The van der Waals surface area contributed by atoms with Crippen molar-refractivity contribution in [2.45, 2.75) is 0 Å². The van der Waals surface area contributed by atoms with Crippen molar-refractivity contribution in [1.82, 2.24) is 0 Å². The van der Waals surface area contributed by atoms with Crippen molar-refractivity contribution >= 4 is 69.4 Å². The lowest BCUT2D eigenvalue weighted by atomic mass is 10.1. The number of hydrogen-bond acceptors (Lipinski definition) is 2. The molecule has 3 aromatic carbocycles. The van der Waals surface area contributed by atoms with Gasteiger partial charge in [-0.3, -0.25) is 0 Å². The molecule has 0 saturated heterocycles. The van der Waals surface area contributed by atoms with Crippen molar-refractivity contribution in [3.63, 3.8) is 0 Å². The number of nitrogens with one attached hydrogen (secondary N) is 1. The quantitative estimate of drug-likeness (QED) is 0.452. The zero-order chi connectivity index (χ0) is 19.0. The molecule has 7 heteroatoms. The van der Waals surface area contributed by atoms with Gasteiger partial charge in [-0.25, -0.2) is 9.98 Å². The third-order valence-electron chi connectivity index (χ3n) is 3.96. The number of benzene rings is 3. The molecule has 27 heavy (non-hydrogen) atoms. The second kappa shape index (κ2) is 7.53. The summed E-state index contributed by atoms with van der Waals surface area (Å²) in [5.41, 5.74) is 3.33. The van der Waals surface area contributed by atoms with Gasteiger partial charge in [-0.15, -0.1) is 0 Å². The number of fused-ring (bicyclic) bond motifs is 1. The Kier molecular flexibility index (Phi) is 5.11. The molecule has 0 unspecified atom stereocenters. The maximum Gasteiger partial charge on any atom is 0.162 e. The van der Waals surface area contributed by atoms with E-state index in [-0.39, 0.29) is 0 Å². The SMILES string of the molecule is Clc1ccc(N=C2N=C(Nc3ccc(Cl)c(Cl)c3)c3ccccc32)cc1Cl. The molecule has 0 bridgehead atoms. The van der Waals surface area contributed by atoms with Crippen LogP contribution in [0, 0.1) is 0 Å². The van der Waals surface area contributed by atoms with Gasteiger partial charge < -0.3 is 5.32 Å². The van der Waals surface area contributed by atoms with E-state index in [1.807, 2.05) is 30.3 Å². The van der Waals surface area contributed by atoms with Crippen LogP contribution in [0.4, 0.5) is 11.4 Å². The fraction of sp³-hybridized carbons (Fsp3) is 0. The summed E-state index contributed by atoms with van der Waals surface area (Å²) >= 11 is 24.2. The van der Waals surface area contributed by atoms with Crippen LogP contribution < -0.4 is 5.32 Å². The predicted octanol–water partition coefficient (Wildman–Crippen LogP) is 7.25. The van der Waals surface area contributed by atoms with E-state index in [9.17, 15) is 0 Å². The van der Waals surface area contributed by atoms with Gasteiger partial charge >= 0.3 is 0 Å². The average molecular weight is 435 g/mol. The average Bonchev–Trinajstić information content (AvgIpc) is 2.99. The Morgan fingerprint density at radius 2 is 1.37 bits per heavy atom. The lowest BCUT2D eigenvalue weighted by molar-refractivity contribution is 1.47. The summed E-state index contributed by atoms with van der Waals surface area (Å²) in [5.74, 6) is 1.27. The van der Waals surface area contributed by atoms with Crippen molar-refractivity contribution in [3.8, 4) is 0 Å². The summed E-state index contributed by atoms with van der Waals surface area (Å²) in [6, 6.07) is 18.4. The second-order valence-corrected chi connectivity index (χ2v) is 7.42. The van der Waals surface area contributed by atoms with E-state index >= 15 is 0 Å². The van der Waals surface area contributed by atoms with Crippen LogP contribution >= 0.6 is 46.4 Å². The summed E-state index contributed by atoms with van der Waals surface area (Å²) in [6.07, 6.45) is 0. The molecule has 0 amide bonds. The number of hydrogen-bond donors (Lipinski definition) is 1. The highest BCUT2D eigenvalue weighted by Gasteiger charge is 2.21. The molecule has 4 rings (SSSR count). The minimum atomic E-state index is 0.447. The van der Waals surface area contributed by atoms with Crippen LogP contribution in [0.1, 0.15) is 11.1 Å². The monoisotopic (exact) mass is 433 g/mol. The van der Waals surface area contributed by atoms with Crippen molar-refractivity contribution in [3.05, 3.63) is 91.9 Å². The number of halogens is 4. The third-order valence-corrected chi connectivity index (χ3v) is 5.44. The van der Waals surface area contributed by atoms with E-state index < -0.39 is 0 Å². The van der Waals surface area contributed by atoms with Crippen LogP contribution in [0.15, 0.2) is 70.6 Å².